The minimum Gasteiger partial charge on any atom is -0.479 e. The second kappa shape index (κ2) is 5.44. The smallest absolute Gasteiger partial charge is 0.338 e. The number of carbonyl (C=O) groups is 1. The van der Waals surface area contributed by atoms with Crippen LogP contribution in [0.3, 0.4) is 0 Å². The van der Waals surface area contributed by atoms with Crippen LogP contribution in [0, 0.1) is 5.92 Å². The molecule has 0 aliphatic carbocycles. The van der Waals surface area contributed by atoms with Gasteiger partial charge in [0.1, 0.15) is 0 Å². The molecule has 0 aromatic rings. The van der Waals surface area contributed by atoms with Crippen molar-refractivity contribution in [2.24, 2.45) is 11.7 Å². The molecule has 0 aliphatic heterocycles. The molecule has 0 aromatic carbocycles. The number of hydrogen-bond donors (Lipinski definition) is 2. The van der Waals surface area contributed by atoms with Crippen molar-refractivity contribution in [1.29, 1.82) is 0 Å². The van der Waals surface area contributed by atoms with Crippen molar-refractivity contribution in [3.05, 3.63) is 0 Å². The summed E-state index contributed by atoms with van der Waals surface area (Å²) in [5, 5.41) is 8.05. The molecule has 2 unspecified atom stereocenters. The second-order valence-corrected chi connectivity index (χ2v) is 1.95. The first-order valence-corrected chi connectivity index (χ1v) is 2.66. The third kappa shape index (κ3) is 3.63. The quantitative estimate of drug-likeness (QED) is 0.647. The Bertz CT molecular complexity index is 112. The molecule has 0 saturated heterocycles. The Morgan fingerprint density at radius 1 is 1.80 bits per heavy atom. The van der Waals surface area contributed by atoms with E-state index in [1.165, 1.54) is 6.92 Å². The van der Waals surface area contributed by atoms with Gasteiger partial charge in [-0.05, 0) is 6.54 Å². The Morgan fingerprint density at radius 3 is 2.30 bits per heavy atom. The molecule has 10 heavy (non-hydrogen) atoms. The van der Waals surface area contributed by atoms with Gasteiger partial charge >= 0.3 is 5.97 Å². The fourth-order valence-electron chi connectivity index (χ4n) is 0.363. The molecular formula is C5H11ClFNO2. The average Bonchev–Trinajstić information content (AvgIpc) is 1.84. The summed E-state index contributed by atoms with van der Waals surface area (Å²) in [7, 11) is 0. The van der Waals surface area contributed by atoms with Crippen LogP contribution in [0.2, 0.25) is 0 Å². The summed E-state index contributed by atoms with van der Waals surface area (Å²) in [6.07, 6.45) is -1.82. The molecular weight excluding hydrogens is 161 g/mol. The third-order valence-electron chi connectivity index (χ3n) is 1.11. The highest BCUT2D eigenvalue weighted by Gasteiger charge is 2.21. The minimum absolute atomic E-state index is 0. The highest BCUT2D eigenvalue weighted by Crippen LogP contribution is 2.04. The van der Waals surface area contributed by atoms with Crippen LogP contribution in [0.5, 0.6) is 0 Å². The number of carboxylic acid groups (broad SMARTS) is 1. The summed E-state index contributed by atoms with van der Waals surface area (Å²) >= 11 is 0. The van der Waals surface area contributed by atoms with E-state index in [9.17, 15) is 9.18 Å². The Morgan fingerprint density at radius 2 is 2.20 bits per heavy atom. The number of halogens is 2. The van der Waals surface area contributed by atoms with Crippen molar-refractivity contribution in [1.82, 2.24) is 0 Å². The number of rotatable bonds is 3. The second-order valence-electron chi connectivity index (χ2n) is 1.95. The van der Waals surface area contributed by atoms with E-state index in [1.807, 2.05) is 0 Å². The van der Waals surface area contributed by atoms with Gasteiger partial charge in [0.05, 0.1) is 0 Å². The summed E-state index contributed by atoms with van der Waals surface area (Å²) in [6.45, 7) is 1.52. The Hall–Kier alpha value is -0.350. The lowest BCUT2D eigenvalue weighted by Crippen LogP contribution is -2.28. The van der Waals surface area contributed by atoms with E-state index >= 15 is 0 Å². The first-order chi connectivity index (χ1) is 4.09. The molecule has 5 heteroatoms. The van der Waals surface area contributed by atoms with Crippen molar-refractivity contribution >= 4 is 18.4 Å². The van der Waals surface area contributed by atoms with Gasteiger partial charge in [0.25, 0.3) is 0 Å². The molecule has 3 N–H and O–H groups in total. The maximum absolute atomic E-state index is 12.2. The maximum Gasteiger partial charge on any atom is 0.338 e. The zero-order valence-electron chi connectivity index (χ0n) is 5.58. The van der Waals surface area contributed by atoms with Gasteiger partial charge in [0, 0.05) is 5.92 Å². The zero-order valence-corrected chi connectivity index (χ0v) is 6.40. The predicted molar refractivity (Wildman–Crippen MR) is 38.0 cm³/mol. The van der Waals surface area contributed by atoms with Crippen LogP contribution in [0.1, 0.15) is 6.92 Å². The highest BCUT2D eigenvalue weighted by atomic mass is 35.5. The predicted octanol–water partition coefficient (Wildman–Crippen LogP) is 0.426. The van der Waals surface area contributed by atoms with Crippen molar-refractivity contribution in [3.63, 3.8) is 0 Å². The minimum atomic E-state index is -1.82. The van der Waals surface area contributed by atoms with Crippen molar-refractivity contribution in [2.75, 3.05) is 6.54 Å². The molecule has 0 amide bonds. The molecule has 0 heterocycles. The third-order valence-corrected chi connectivity index (χ3v) is 1.11. The Labute approximate surface area is 64.8 Å². The fourth-order valence-corrected chi connectivity index (χ4v) is 0.363. The lowest BCUT2D eigenvalue weighted by molar-refractivity contribution is -0.144. The van der Waals surface area contributed by atoms with Gasteiger partial charge in [-0.1, -0.05) is 6.92 Å². The number of nitrogens with two attached hydrogens (primary N) is 1. The normalized spacial score (nSPS) is 15.1. The summed E-state index contributed by atoms with van der Waals surface area (Å²) in [6, 6.07) is 0. The zero-order chi connectivity index (χ0) is 7.44. The van der Waals surface area contributed by atoms with Crippen LogP contribution in [0.15, 0.2) is 0 Å². The monoisotopic (exact) mass is 171 g/mol. The summed E-state index contributed by atoms with van der Waals surface area (Å²) in [4.78, 5) is 9.87. The van der Waals surface area contributed by atoms with Gasteiger partial charge in [-0.15, -0.1) is 12.4 Å². The number of aliphatic carboxylic acids is 1. The lowest BCUT2D eigenvalue weighted by atomic mass is 10.1. The van der Waals surface area contributed by atoms with Gasteiger partial charge in [0.2, 0.25) is 6.17 Å². The van der Waals surface area contributed by atoms with Crippen LogP contribution in [-0.2, 0) is 4.79 Å². The maximum atomic E-state index is 12.2. The van der Waals surface area contributed by atoms with Crippen LogP contribution in [0.4, 0.5) is 4.39 Å². The molecule has 0 aromatic heterocycles. The molecule has 0 rings (SSSR count). The summed E-state index contributed by atoms with van der Waals surface area (Å²) in [5.74, 6) is -2.03. The Balaban J connectivity index is 0. The van der Waals surface area contributed by atoms with Crippen molar-refractivity contribution in [3.8, 4) is 0 Å². The number of alkyl halides is 1. The van der Waals surface area contributed by atoms with E-state index in [-0.39, 0.29) is 19.0 Å². The van der Waals surface area contributed by atoms with Gasteiger partial charge in [-0.2, -0.15) is 0 Å². The van der Waals surface area contributed by atoms with E-state index in [0.717, 1.165) is 0 Å². The molecule has 0 saturated carbocycles. The van der Waals surface area contributed by atoms with Gasteiger partial charge < -0.3 is 10.8 Å². The molecule has 0 spiro atoms. The van der Waals surface area contributed by atoms with Crippen LogP contribution >= 0.6 is 12.4 Å². The van der Waals surface area contributed by atoms with Crippen molar-refractivity contribution in [2.45, 2.75) is 13.1 Å². The topological polar surface area (TPSA) is 63.3 Å². The SMILES string of the molecule is CC(CN)C(F)C(=O)O.Cl. The van der Waals surface area contributed by atoms with Crippen molar-refractivity contribution < 1.29 is 14.3 Å². The molecule has 0 aliphatic rings. The van der Waals surface area contributed by atoms with Gasteiger partial charge in [-0.25, -0.2) is 9.18 Å². The largest absolute Gasteiger partial charge is 0.479 e. The molecule has 0 fully saturated rings. The molecule has 0 bridgehead atoms. The average molecular weight is 172 g/mol. The number of hydrogen-bond acceptors (Lipinski definition) is 2. The summed E-state index contributed by atoms with van der Waals surface area (Å²) < 4.78 is 12.2. The molecule has 62 valence electrons. The molecule has 0 radical (unpaired) electrons. The van der Waals surface area contributed by atoms with Crippen LogP contribution in [0.25, 0.3) is 0 Å². The lowest BCUT2D eigenvalue weighted by Gasteiger charge is -2.08. The Kier molecular flexibility index (Phi) is 6.71. The first kappa shape index (κ1) is 12.3. The van der Waals surface area contributed by atoms with E-state index in [2.05, 4.69) is 0 Å². The first-order valence-electron chi connectivity index (χ1n) is 2.66. The van der Waals surface area contributed by atoms with E-state index in [0.29, 0.717) is 0 Å². The standard InChI is InChI=1S/C5H10FNO2.ClH/c1-3(2-7)4(6)5(8)9;/h3-4H,2,7H2,1H3,(H,8,9);1H. The molecule has 2 atom stereocenters. The van der Waals surface area contributed by atoms with Crippen LogP contribution in [-0.4, -0.2) is 23.8 Å². The molecule has 3 nitrogen and oxygen atoms in total. The highest BCUT2D eigenvalue weighted by molar-refractivity contribution is 5.85. The van der Waals surface area contributed by atoms with Gasteiger partial charge in [0.15, 0.2) is 0 Å². The van der Waals surface area contributed by atoms with E-state index < -0.39 is 18.1 Å². The fraction of sp³-hybridized carbons (Fsp3) is 0.800. The number of carboxylic acids is 1. The van der Waals surface area contributed by atoms with E-state index in [1.54, 1.807) is 0 Å². The van der Waals surface area contributed by atoms with E-state index in [4.69, 9.17) is 10.8 Å². The van der Waals surface area contributed by atoms with Gasteiger partial charge in [-0.3, -0.25) is 0 Å². The van der Waals surface area contributed by atoms with Crippen LogP contribution < -0.4 is 5.73 Å². The summed E-state index contributed by atoms with van der Waals surface area (Å²) in [5.41, 5.74) is 5.01.